The minimum Gasteiger partial charge on any atom is -0.452 e. The molecule has 0 spiro atoms. The van der Waals surface area contributed by atoms with Crippen molar-refractivity contribution >= 4 is 23.6 Å². The zero-order valence-corrected chi connectivity index (χ0v) is 19.3. The van der Waals surface area contributed by atoms with Gasteiger partial charge in [0, 0.05) is 18.8 Å². The van der Waals surface area contributed by atoms with E-state index in [1.807, 2.05) is 60.7 Å². The highest BCUT2D eigenvalue weighted by Gasteiger charge is 2.32. The van der Waals surface area contributed by atoms with Crippen LogP contribution in [0.25, 0.3) is 0 Å². The average Bonchev–Trinajstić information content (AvgIpc) is 2.85. The van der Waals surface area contributed by atoms with E-state index in [4.69, 9.17) is 4.74 Å². The molecular formula is C26H33N3O4. The van der Waals surface area contributed by atoms with Crippen LogP contribution in [0.3, 0.4) is 0 Å². The first kappa shape index (κ1) is 24.3. The van der Waals surface area contributed by atoms with Crippen molar-refractivity contribution < 1.29 is 19.1 Å². The summed E-state index contributed by atoms with van der Waals surface area (Å²) in [7, 11) is 0. The van der Waals surface area contributed by atoms with Crippen LogP contribution in [0.15, 0.2) is 60.7 Å². The predicted octanol–water partition coefficient (Wildman–Crippen LogP) is 4.52. The molecule has 33 heavy (non-hydrogen) atoms. The molecule has 3 amide bonds. The van der Waals surface area contributed by atoms with Crippen LogP contribution in [0.1, 0.15) is 51.1 Å². The summed E-state index contributed by atoms with van der Waals surface area (Å²) in [4.78, 5) is 39.7. The van der Waals surface area contributed by atoms with Crippen molar-refractivity contribution in [1.82, 2.24) is 10.2 Å². The molecule has 0 aromatic heterocycles. The topological polar surface area (TPSA) is 87.7 Å². The number of para-hydroxylation sites is 1. The number of carbonyl (C=O) groups excluding carboxylic acids is 3. The smallest absolute Gasteiger partial charge is 0.321 e. The van der Waals surface area contributed by atoms with Crippen LogP contribution in [0.2, 0.25) is 0 Å². The monoisotopic (exact) mass is 451 g/mol. The Kier molecular flexibility index (Phi) is 8.87. The fourth-order valence-electron chi connectivity index (χ4n) is 3.99. The Labute approximate surface area is 195 Å². The fourth-order valence-corrected chi connectivity index (χ4v) is 3.99. The van der Waals surface area contributed by atoms with Crippen molar-refractivity contribution in [3.05, 3.63) is 66.2 Å². The molecule has 1 saturated heterocycles. The van der Waals surface area contributed by atoms with Crippen molar-refractivity contribution in [2.24, 2.45) is 5.92 Å². The summed E-state index contributed by atoms with van der Waals surface area (Å²) in [5.41, 5.74) is 1.73. The maximum Gasteiger partial charge on any atom is 0.321 e. The van der Waals surface area contributed by atoms with Gasteiger partial charge in [-0.25, -0.2) is 4.79 Å². The summed E-state index contributed by atoms with van der Waals surface area (Å²) in [6.07, 6.45) is 2.13. The molecule has 2 aromatic carbocycles. The van der Waals surface area contributed by atoms with Gasteiger partial charge in [0.05, 0.1) is 12.0 Å². The van der Waals surface area contributed by atoms with E-state index < -0.39 is 18.0 Å². The van der Waals surface area contributed by atoms with E-state index in [1.165, 1.54) is 0 Å². The molecule has 3 unspecified atom stereocenters. The Bertz CT molecular complexity index is 920. The third-order valence-corrected chi connectivity index (χ3v) is 5.82. The summed E-state index contributed by atoms with van der Waals surface area (Å²) in [6, 6.07) is 18.6. The molecule has 0 bridgehead atoms. The van der Waals surface area contributed by atoms with Crippen LogP contribution < -0.4 is 10.6 Å². The standard InChI is InChI=1S/C26H33N3O4/c1-3-11-23(20-12-6-4-7-13-20)28-24(30)19(2)33-25(31)21-14-10-17-29(18-21)26(32)27-22-15-8-5-9-16-22/h4-9,12-13,15-16,19,21,23H,3,10-11,14,17-18H2,1-2H3,(H,27,32)(H,28,30). The molecule has 0 radical (unpaired) electrons. The molecule has 1 aliphatic heterocycles. The second-order valence-corrected chi connectivity index (χ2v) is 8.42. The fraction of sp³-hybridized carbons (Fsp3) is 0.423. The molecule has 1 fully saturated rings. The van der Waals surface area contributed by atoms with Gasteiger partial charge in [0.1, 0.15) is 0 Å². The molecule has 2 N–H and O–H groups in total. The van der Waals surface area contributed by atoms with Gasteiger partial charge in [-0.3, -0.25) is 9.59 Å². The average molecular weight is 452 g/mol. The first-order chi connectivity index (χ1) is 16.0. The lowest BCUT2D eigenvalue weighted by atomic mass is 9.98. The predicted molar refractivity (Wildman–Crippen MR) is 128 cm³/mol. The molecule has 176 valence electrons. The van der Waals surface area contributed by atoms with E-state index in [1.54, 1.807) is 11.8 Å². The minimum absolute atomic E-state index is 0.128. The number of ether oxygens (including phenoxy) is 1. The molecule has 1 aliphatic rings. The summed E-state index contributed by atoms with van der Waals surface area (Å²) in [6.45, 7) is 4.50. The third kappa shape index (κ3) is 7.07. The number of piperidine rings is 1. The normalized spacial score (nSPS) is 17.5. The maximum absolute atomic E-state index is 12.8. The van der Waals surface area contributed by atoms with E-state index in [2.05, 4.69) is 17.6 Å². The van der Waals surface area contributed by atoms with E-state index in [9.17, 15) is 14.4 Å². The molecule has 0 saturated carbocycles. The minimum atomic E-state index is -0.908. The van der Waals surface area contributed by atoms with Crippen molar-refractivity contribution in [3.63, 3.8) is 0 Å². The van der Waals surface area contributed by atoms with Crippen LogP contribution in [-0.4, -0.2) is 42.0 Å². The van der Waals surface area contributed by atoms with Crippen molar-refractivity contribution in [2.45, 2.75) is 51.7 Å². The molecule has 0 aliphatic carbocycles. The first-order valence-electron chi connectivity index (χ1n) is 11.6. The van der Waals surface area contributed by atoms with Gasteiger partial charge in [-0.1, -0.05) is 61.9 Å². The van der Waals surface area contributed by atoms with Crippen LogP contribution in [0.4, 0.5) is 10.5 Å². The van der Waals surface area contributed by atoms with Crippen LogP contribution >= 0.6 is 0 Å². The molecular weight excluding hydrogens is 418 g/mol. The highest BCUT2D eigenvalue weighted by Crippen LogP contribution is 2.21. The van der Waals surface area contributed by atoms with Crippen molar-refractivity contribution in [3.8, 4) is 0 Å². The molecule has 1 heterocycles. The lowest BCUT2D eigenvalue weighted by molar-refractivity contribution is -0.160. The number of carbonyl (C=O) groups is 3. The van der Waals surface area contributed by atoms with Gasteiger partial charge < -0.3 is 20.3 Å². The van der Waals surface area contributed by atoms with Crippen LogP contribution in [-0.2, 0) is 14.3 Å². The summed E-state index contributed by atoms with van der Waals surface area (Å²) in [5.74, 6) is -1.21. The van der Waals surface area contributed by atoms with Gasteiger partial charge in [0.2, 0.25) is 0 Å². The number of urea groups is 1. The number of hydrogen-bond acceptors (Lipinski definition) is 4. The van der Waals surface area contributed by atoms with Gasteiger partial charge in [0.15, 0.2) is 6.10 Å². The van der Waals surface area contributed by atoms with Crippen molar-refractivity contribution in [1.29, 1.82) is 0 Å². The van der Waals surface area contributed by atoms with Crippen LogP contribution in [0.5, 0.6) is 0 Å². The number of rotatable bonds is 8. The molecule has 7 heteroatoms. The Hall–Kier alpha value is -3.35. The number of nitrogens with one attached hydrogen (secondary N) is 2. The molecule has 7 nitrogen and oxygen atoms in total. The van der Waals surface area contributed by atoms with E-state index >= 15 is 0 Å². The quantitative estimate of drug-likeness (QED) is 0.578. The molecule has 2 aromatic rings. The number of nitrogens with zero attached hydrogens (tertiary/aromatic N) is 1. The SMILES string of the molecule is CCCC(NC(=O)C(C)OC(=O)C1CCCN(C(=O)Nc2ccccc2)C1)c1ccccc1. The van der Waals surface area contributed by atoms with Gasteiger partial charge in [-0.15, -0.1) is 0 Å². The lowest BCUT2D eigenvalue weighted by Gasteiger charge is -2.32. The number of hydrogen-bond donors (Lipinski definition) is 2. The largest absolute Gasteiger partial charge is 0.452 e. The summed E-state index contributed by atoms with van der Waals surface area (Å²) >= 11 is 0. The second-order valence-electron chi connectivity index (χ2n) is 8.42. The van der Waals surface area contributed by atoms with E-state index in [0.29, 0.717) is 25.1 Å². The first-order valence-corrected chi connectivity index (χ1v) is 11.6. The Morgan fingerprint density at radius 3 is 2.39 bits per heavy atom. The number of likely N-dealkylation sites (tertiary alicyclic amines) is 1. The third-order valence-electron chi connectivity index (χ3n) is 5.82. The van der Waals surface area contributed by atoms with E-state index in [0.717, 1.165) is 18.4 Å². The number of esters is 1. The molecule has 3 rings (SSSR count). The van der Waals surface area contributed by atoms with Crippen molar-refractivity contribution in [2.75, 3.05) is 18.4 Å². The Morgan fingerprint density at radius 2 is 1.73 bits per heavy atom. The zero-order chi connectivity index (χ0) is 23.6. The highest BCUT2D eigenvalue weighted by molar-refractivity contribution is 5.90. The maximum atomic E-state index is 12.8. The Balaban J connectivity index is 1.52. The lowest BCUT2D eigenvalue weighted by Crippen LogP contribution is -2.46. The van der Waals surface area contributed by atoms with Crippen LogP contribution in [0, 0.1) is 5.92 Å². The van der Waals surface area contributed by atoms with E-state index in [-0.39, 0.29) is 24.5 Å². The van der Waals surface area contributed by atoms with Gasteiger partial charge in [-0.05, 0) is 43.9 Å². The highest BCUT2D eigenvalue weighted by atomic mass is 16.5. The second kappa shape index (κ2) is 12.0. The summed E-state index contributed by atoms with van der Waals surface area (Å²) in [5, 5.41) is 5.86. The number of benzene rings is 2. The zero-order valence-electron chi connectivity index (χ0n) is 19.3. The number of anilines is 1. The Morgan fingerprint density at radius 1 is 1.06 bits per heavy atom. The van der Waals surface area contributed by atoms with Gasteiger partial charge in [-0.2, -0.15) is 0 Å². The van der Waals surface area contributed by atoms with Gasteiger partial charge >= 0.3 is 12.0 Å². The summed E-state index contributed by atoms with van der Waals surface area (Å²) < 4.78 is 5.50. The molecule has 3 atom stereocenters. The van der Waals surface area contributed by atoms with Gasteiger partial charge in [0.25, 0.3) is 5.91 Å². The number of amides is 3.